The van der Waals surface area contributed by atoms with Crippen LogP contribution in [0.25, 0.3) is 0 Å². The molecule has 23 heteroatoms. The molecular weight excluding hydrogens is 594 g/mol. The van der Waals surface area contributed by atoms with Gasteiger partial charge in [0.25, 0.3) is 5.56 Å². The molecular formula is C15H22N2Na2O17P2. The first-order chi connectivity index (χ1) is 16.7. The third-order valence-corrected chi connectivity index (χ3v) is 7.71. The minimum atomic E-state index is -5.62. The van der Waals surface area contributed by atoms with Crippen molar-refractivity contribution in [2.75, 3.05) is 13.2 Å². The molecule has 0 aromatic carbocycles. The van der Waals surface area contributed by atoms with E-state index in [1.54, 1.807) is 0 Å². The van der Waals surface area contributed by atoms with Crippen LogP contribution in [-0.4, -0.2) is 102 Å². The summed E-state index contributed by atoms with van der Waals surface area (Å²) in [6.45, 7) is -2.04. The Morgan fingerprint density at radius 2 is 1.61 bits per heavy atom. The van der Waals surface area contributed by atoms with Gasteiger partial charge in [0.15, 0.2) is 6.29 Å². The van der Waals surface area contributed by atoms with Crippen LogP contribution in [0.4, 0.5) is 0 Å². The second-order valence-electron chi connectivity index (χ2n) is 7.63. The zero-order valence-electron chi connectivity index (χ0n) is 19.8. The molecule has 0 amide bonds. The average molecular weight is 616 g/mol. The Kier molecular flexibility index (Phi) is 14.2. The van der Waals surface area contributed by atoms with Crippen molar-refractivity contribution in [2.24, 2.45) is 0 Å². The van der Waals surface area contributed by atoms with Gasteiger partial charge in [0.1, 0.15) is 30.6 Å². The van der Waals surface area contributed by atoms with Crippen molar-refractivity contribution in [1.29, 1.82) is 0 Å². The number of ether oxygens (including phenoxy) is 2. The fourth-order valence-electron chi connectivity index (χ4n) is 3.32. The molecule has 2 aliphatic heterocycles. The molecule has 2 unspecified atom stereocenters. The maximum absolute atomic E-state index is 12.2. The van der Waals surface area contributed by atoms with E-state index in [0.717, 1.165) is 12.3 Å². The van der Waals surface area contributed by atoms with Crippen LogP contribution < -0.4 is 80.6 Å². The van der Waals surface area contributed by atoms with Crippen LogP contribution in [0.15, 0.2) is 21.9 Å². The van der Waals surface area contributed by atoms with Gasteiger partial charge in [-0.25, -0.2) is 13.9 Å². The number of aromatic amines is 1. The maximum atomic E-state index is 12.2. The molecule has 1 aromatic heterocycles. The number of aromatic nitrogens is 2. The Balaban J connectivity index is 0.00000361. The zero-order chi connectivity index (χ0) is 27.0. The number of hydrogen-bond donors (Lipinski definition) is 7. The van der Waals surface area contributed by atoms with E-state index in [1.165, 1.54) is 0 Å². The second-order valence-corrected chi connectivity index (χ2v) is 10.6. The molecule has 2 aliphatic rings. The van der Waals surface area contributed by atoms with Crippen molar-refractivity contribution >= 4 is 15.6 Å². The van der Waals surface area contributed by atoms with Crippen molar-refractivity contribution in [3.05, 3.63) is 33.1 Å². The van der Waals surface area contributed by atoms with Gasteiger partial charge < -0.3 is 49.9 Å². The van der Waals surface area contributed by atoms with E-state index >= 15 is 0 Å². The van der Waals surface area contributed by atoms with E-state index in [-0.39, 0.29) is 59.1 Å². The number of aliphatic hydroxyl groups is 4. The molecule has 2 fully saturated rings. The van der Waals surface area contributed by atoms with E-state index in [1.807, 2.05) is 4.98 Å². The monoisotopic (exact) mass is 616 g/mol. The average Bonchev–Trinajstić information content (AvgIpc) is 3.06. The van der Waals surface area contributed by atoms with Gasteiger partial charge in [-0.15, -0.1) is 6.10 Å². The van der Waals surface area contributed by atoms with Crippen molar-refractivity contribution < 1.29 is 132 Å². The molecule has 0 aliphatic carbocycles. The van der Waals surface area contributed by atoms with Crippen LogP contribution >= 0.6 is 15.6 Å². The number of hydrogen-bond acceptors (Lipinski definition) is 15. The van der Waals surface area contributed by atoms with E-state index in [9.17, 15) is 54.0 Å². The summed E-state index contributed by atoms with van der Waals surface area (Å²) in [5, 5.41) is 62.7. The molecule has 3 rings (SSSR count). The molecule has 7 N–H and O–H groups in total. The van der Waals surface area contributed by atoms with E-state index < -0.39 is 95.4 Å². The summed E-state index contributed by atoms with van der Waals surface area (Å²) in [6, 6.07) is 0.880. The van der Waals surface area contributed by atoms with Gasteiger partial charge in [-0.2, -0.15) is 4.31 Å². The Morgan fingerprint density at radius 3 is 2.18 bits per heavy atom. The van der Waals surface area contributed by atoms with Crippen molar-refractivity contribution in [3.63, 3.8) is 0 Å². The summed E-state index contributed by atoms with van der Waals surface area (Å²) in [7, 11) is -11.2. The van der Waals surface area contributed by atoms with Crippen LogP contribution in [0, 0.1) is 0 Å². The fraction of sp³-hybridized carbons (Fsp3) is 0.733. The van der Waals surface area contributed by atoms with Crippen molar-refractivity contribution in [2.45, 2.75) is 55.2 Å². The molecule has 2 saturated heterocycles. The molecule has 0 radical (unpaired) electrons. The minimum Gasteiger partial charge on any atom is -0.851 e. The smallest absolute Gasteiger partial charge is 0.851 e. The van der Waals surface area contributed by atoms with E-state index in [2.05, 4.69) is 13.4 Å². The van der Waals surface area contributed by atoms with Gasteiger partial charge in [-0.3, -0.25) is 23.4 Å². The molecule has 38 heavy (non-hydrogen) atoms. The minimum absolute atomic E-state index is 0. The van der Waals surface area contributed by atoms with E-state index in [0.29, 0.717) is 4.57 Å². The first-order valence-electron chi connectivity index (χ1n) is 9.94. The second kappa shape index (κ2) is 14.7. The standard InChI is InChI=1S/C15H22N2O17P2.2Na/c18-3-5-8(20)10(22)12(24)14(32-5)33-36(28,29)34-35(26,27)30-4-6-9(21)11(23)13(31-6)17-2-1-7(19)16-15(17)25;;/h1-2,5-6,8-14,18,20,22,24H,3-4H2,(H,26,27)(H,28,29)(H,16,19,25);;/q-2;2*+1/t5-,6-,8-,9-,10+,11-,12-,13-,14-;;/m1../s1/i3+1,5+1,8+1,10+1,12+1,14+1;;. The van der Waals surface area contributed by atoms with Gasteiger partial charge in [-0.05, 0) is 0 Å². The number of rotatable bonds is 9. The Morgan fingerprint density at radius 1 is 0.974 bits per heavy atom. The largest absolute Gasteiger partial charge is 1.00 e. The van der Waals surface area contributed by atoms with Crippen LogP contribution in [0.1, 0.15) is 6.23 Å². The molecule has 1 aromatic rings. The summed E-state index contributed by atoms with van der Waals surface area (Å²) in [5.41, 5.74) is -1.85. The summed E-state index contributed by atoms with van der Waals surface area (Å²) in [4.78, 5) is 44.3. The summed E-state index contributed by atoms with van der Waals surface area (Å²) in [6.07, 6.45) is -16.6. The first-order valence-corrected chi connectivity index (χ1v) is 12.9. The number of aliphatic hydroxyl groups excluding tert-OH is 4. The molecule has 11 atom stereocenters. The quantitative estimate of drug-likeness (QED) is 0.0769. The van der Waals surface area contributed by atoms with Gasteiger partial charge in [0.2, 0.25) is 0 Å². The van der Waals surface area contributed by atoms with Crippen LogP contribution in [-0.2, 0) is 32.0 Å². The van der Waals surface area contributed by atoms with Crippen molar-refractivity contribution in [3.8, 4) is 0 Å². The summed E-state index contributed by atoms with van der Waals surface area (Å²) in [5.74, 6) is 0. The topological polar surface area (TPSA) is 303 Å². The molecule has 19 nitrogen and oxygen atoms in total. The number of nitrogens with one attached hydrogen (secondary N) is 1. The van der Waals surface area contributed by atoms with Gasteiger partial charge in [0, 0.05) is 12.3 Å². The maximum Gasteiger partial charge on any atom is 1.00 e. The van der Waals surface area contributed by atoms with Gasteiger partial charge >= 0.3 is 80.4 Å². The third-order valence-electron chi connectivity index (χ3n) is 5.10. The first kappa shape index (κ1) is 36.6. The molecule has 0 saturated carbocycles. The Hall–Kier alpha value is 0.620. The molecule has 206 valence electrons. The zero-order valence-corrected chi connectivity index (χ0v) is 25.6. The van der Waals surface area contributed by atoms with E-state index in [4.69, 9.17) is 14.6 Å². The number of phosphoric acid groups is 2. The Labute approximate surface area is 256 Å². The van der Waals surface area contributed by atoms with Gasteiger partial charge in [-0.1, -0.05) is 6.10 Å². The SMILES string of the molecule is O=c1ccn([C@@H]2O[C@H](COP(=O)(O)OP(=O)(O)O[13C@H]3O[13C@H]([13CH2]O)[13C@@H](O)[13C@H](O)[13C@H]3O)[C@@H]([O-])[C@H]2[O-])c(=O)[nH]1.[Na+].[Na+]. The predicted octanol–water partition coefficient (Wildman–Crippen LogP) is -12.0. The number of H-pyrrole nitrogens is 1. The normalized spacial score (nSPS) is 36.4. The number of phosphoric ester groups is 2. The predicted molar refractivity (Wildman–Crippen MR) is 104 cm³/mol. The molecule has 0 bridgehead atoms. The third kappa shape index (κ3) is 8.81. The van der Waals surface area contributed by atoms with Crippen LogP contribution in [0.5, 0.6) is 0 Å². The van der Waals surface area contributed by atoms with Gasteiger partial charge in [0.05, 0.1) is 19.3 Å². The Bertz CT molecular complexity index is 1140. The molecule has 0 spiro atoms. The fourth-order valence-corrected chi connectivity index (χ4v) is 5.48. The summed E-state index contributed by atoms with van der Waals surface area (Å²) >= 11 is 0. The number of nitrogens with zero attached hydrogens (tertiary/aromatic N) is 1. The molecule has 3 heterocycles. The van der Waals surface area contributed by atoms with Crippen LogP contribution in [0.3, 0.4) is 0 Å². The summed E-state index contributed by atoms with van der Waals surface area (Å²) < 4.78 is 47.6. The van der Waals surface area contributed by atoms with Crippen LogP contribution in [0.2, 0.25) is 0 Å². The van der Waals surface area contributed by atoms with Crippen molar-refractivity contribution in [1.82, 2.24) is 9.55 Å².